The molecule has 1 amide bonds. The van der Waals surface area contributed by atoms with Crippen LogP contribution in [-0.2, 0) is 4.79 Å². The molecule has 3 aromatic rings. The summed E-state index contributed by atoms with van der Waals surface area (Å²) in [5, 5.41) is 7.09. The second-order valence-electron chi connectivity index (χ2n) is 6.79. The first-order valence-electron chi connectivity index (χ1n) is 9.32. The van der Waals surface area contributed by atoms with Gasteiger partial charge < -0.3 is 4.74 Å². The van der Waals surface area contributed by atoms with E-state index in [1.807, 2.05) is 31.2 Å². The van der Waals surface area contributed by atoms with Crippen LogP contribution in [0.25, 0.3) is 10.9 Å². The van der Waals surface area contributed by atoms with Crippen LogP contribution < -0.4 is 4.74 Å². The lowest BCUT2D eigenvalue weighted by molar-refractivity contribution is -0.130. The summed E-state index contributed by atoms with van der Waals surface area (Å²) in [6, 6.07) is 13.2. The molecule has 0 N–H and O–H groups in total. The quantitative estimate of drug-likeness (QED) is 0.559. The van der Waals surface area contributed by atoms with Crippen LogP contribution in [0.3, 0.4) is 0 Å². The second-order valence-corrected chi connectivity index (χ2v) is 7.15. The Morgan fingerprint density at radius 3 is 2.69 bits per heavy atom. The van der Waals surface area contributed by atoms with Crippen LogP contribution in [0.2, 0.25) is 5.15 Å². The zero-order chi connectivity index (χ0) is 20.5. The highest BCUT2D eigenvalue weighted by molar-refractivity contribution is 6.30. The summed E-state index contributed by atoms with van der Waals surface area (Å²) < 4.78 is 18.8. The molecule has 1 atom stereocenters. The minimum absolute atomic E-state index is 0.202. The number of halogens is 2. The Kier molecular flexibility index (Phi) is 5.20. The third kappa shape index (κ3) is 3.80. The summed E-state index contributed by atoms with van der Waals surface area (Å²) in [6.07, 6.45) is 0.462. The first-order chi connectivity index (χ1) is 14.0. The van der Waals surface area contributed by atoms with Crippen molar-refractivity contribution in [2.45, 2.75) is 26.3 Å². The van der Waals surface area contributed by atoms with E-state index in [1.165, 1.54) is 24.1 Å². The first-order valence-corrected chi connectivity index (χ1v) is 9.70. The maximum absolute atomic E-state index is 13.3. The molecule has 2 aromatic carbocycles. The molecular weight excluding hydrogens is 393 g/mol. The van der Waals surface area contributed by atoms with Crippen LogP contribution >= 0.6 is 11.6 Å². The number of amides is 1. The lowest BCUT2D eigenvalue weighted by Gasteiger charge is -2.21. The Balaban J connectivity index is 1.74. The third-order valence-electron chi connectivity index (χ3n) is 4.85. The van der Waals surface area contributed by atoms with Gasteiger partial charge in [-0.15, -0.1) is 0 Å². The summed E-state index contributed by atoms with van der Waals surface area (Å²) in [5.74, 6) is 0.221. The van der Waals surface area contributed by atoms with Gasteiger partial charge >= 0.3 is 0 Å². The molecule has 0 bridgehead atoms. The van der Waals surface area contributed by atoms with Gasteiger partial charge in [-0.25, -0.2) is 14.4 Å². The molecule has 0 saturated carbocycles. The zero-order valence-corrected chi connectivity index (χ0v) is 16.8. The summed E-state index contributed by atoms with van der Waals surface area (Å²) >= 11 is 6.49. The van der Waals surface area contributed by atoms with E-state index in [0.29, 0.717) is 29.5 Å². The molecule has 2 heterocycles. The number of benzene rings is 2. The normalized spacial score (nSPS) is 16.2. The maximum Gasteiger partial charge on any atom is 0.240 e. The lowest BCUT2D eigenvalue weighted by atomic mass is 9.98. The zero-order valence-electron chi connectivity index (χ0n) is 16.0. The predicted molar refractivity (Wildman–Crippen MR) is 111 cm³/mol. The topological polar surface area (TPSA) is 54.8 Å². The van der Waals surface area contributed by atoms with Gasteiger partial charge in [0.15, 0.2) is 0 Å². The van der Waals surface area contributed by atoms with Crippen LogP contribution in [0.5, 0.6) is 5.75 Å². The van der Waals surface area contributed by atoms with Crippen molar-refractivity contribution >= 4 is 34.1 Å². The van der Waals surface area contributed by atoms with E-state index in [-0.39, 0.29) is 17.8 Å². The van der Waals surface area contributed by atoms with Crippen molar-refractivity contribution in [2.24, 2.45) is 5.10 Å². The summed E-state index contributed by atoms with van der Waals surface area (Å²) in [6.45, 7) is 3.95. The minimum Gasteiger partial charge on any atom is -0.494 e. The molecule has 148 valence electrons. The van der Waals surface area contributed by atoms with Gasteiger partial charge in [0.2, 0.25) is 5.91 Å². The van der Waals surface area contributed by atoms with Crippen LogP contribution in [0.1, 0.15) is 37.4 Å². The van der Waals surface area contributed by atoms with Crippen molar-refractivity contribution in [1.82, 2.24) is 9.99 Å². The fourth-order valence-electron chi connectivity index (χ4n) is 3.50. The van der Waals surface area contributed by atoms with E-state index in [4.69, 9.17) is 16.3 Å². The maximum atomic E-state index is 13.3. The van der Waals surface area contributed by atoms with Crippen molar-refractivity contribution in [3.05, 3.63) is 70.6 Å². The average molecular weight is 412 g/mol. The predicted octanol–water partition coefficient (Wildman–Crippen LogP) is 5.12. The minimum atomic E-state index is -0.382. The second kappa shape index (κ2) is 7.79. The Morgan fingerprint density at radius 2 is 2.00 bits per heavy atom. The van der Waals surface area contributed by atoms with E-state index in [0.717, 1.165) is 22.2 Å². The van der Waals surface area contributed by atoms with Gasteiger partial charge in [-0.2, -0.15) is 5.10 Å². The number of hydrazone groups is 1. The highest BCUT2D eigenvalue weighted by atomic mass is 35.5. The number of rotatable bonds is 4. The average Bonchev–Trinajstić information content (AvgIpc) is 3.14. The number of ether oxygens (including phenoxy) is 1. The van der Waals surface area contributed by atoms with Gasteiger partial charge in [-0.3, -0.25) is 4.79 Å². The third-order valence-corrected chi connectivity index (χ3v) is 5.15. The SMILES string of the molecule is CCOc1ccc2nc(Cl)c([C@@H]3CC(c4ccc(F)cc4)=NN3C(C)=O)cc2c1. The fraction of sp³-hybridized carbons (Fsp3) is 0.227. The molecule has 4 rings (SSSR count). The van der Waals surface area contributed by atoms with E-state index < -0.39 is 0 Å². The standard InChI is InChI=1S/C22H19ClFN3O2/c1-3-29-17-8-9-19-15(10-17)11-18(22(23)25-19)21-12-20(26-27(21)13(2)28)14-4-6-16(24)7-5-14/h4-11,21H,3,12H2,1-2H3/t21-/m0/s1. The summed E-state index contributed by atoms with van der Waals surface area (Å²) in [5.41, 5.74) is 2.92. The van der Waals surface area contributed by atoms with Crippen molar-refractivity contribution in [3.63, 3.8) is 0 Å². The van der Waals surface area contributed by atoms with Gasteiger partial charge in [-0.05, 0) is 48.9 Å². The molecular formula is C22H19ClFN3O2. The van der Waals surface area contributed by atoms with E-state index >= 15 is 0 Å². The van der Waals surface area contributed by atoms with Crippen LogP contribution in [0.15, 0.2) is 53.6 Å². The summed E-state index contributed by atoms with van der Waals surface area (Å²) in [4.78, 5) is 16.7. The smallest absolute Gasteiger partial charge is 0.240 e. The lowest BCUT2D eigenvalue weighted by Crippen LogP contribution is -2.24. The number of pyridine rings is 1. The molecule has 0 saturated heterocycles. The monoisotopic (exact) mass is 411 g/mol. The number of nitrogens with zero attached hydrogens (tertiary/aromatic N) is 3. The fourth-order valence-corrected chi connectivity index (χ4v) is 3.77. The molecule has 29 heavy (non-hydrogen) atoms. The van der Waals surface area contributed by atoms with Gasteiger partial charge in [-0.1, -0.05) is 23.7 Å². The van der Waals surface area contributed by atoms with Crippen molar-refractivity contribution in [3.8, 4) is 5.75 Å². The van der Waals surface area contributed by atoms with Gasteiger partial charge in [0.1, 0.15) is 16.7 Å². The highest BCUT2D eigenvalue weighted by Crippen LogP contribution is 2.37. The first kappa shape index (κ1) is 19.3. The number of hydrogen-bond donors (Lipinski definition) is 0. The Morgan fingerprint density at radius 1 is 1.24 bits per heavy atom. The van der Waals surface area contributed by atoms with E-state index in [1.54, 1.807) is 12.1 Å². The van der Waals surface area contributed by atoms with Crippen molar-refractivity contribution in [2.75, 3.05) is 6.61 Å². The molecule has 0 aliphatic carbocycles. The molecule has 7 heteroatoms. The Hall–Kier alpha value is -2.99. The van der Waals surface area contributed by atoms with Gasteiger partial charge in [0, 0.05) is 24.3 Å². The number of fused-ring (bicyclic) bond motifs is 1. The highest BCUT2D eigenvalue weighted by Gasteiger charge is 2.33. The molecule has 0 radical (unpaired) electrons. The largest absolute Gasteiger partial charge is 0.494 e. The Bertz CT molecular complexity index is 1110. The van der Waals surface area contributed by atoms with E-state index in [2.05, 4.69) is 10.1 Å². The van der Waals surface area contributed by atoms with Crippen molar-refractivity contribution in [1.29, 1.82) is 0 Å². The van der Waals surface area contributed by atoms with Crippen molar-refractivity contribution < 1.29 is 13.9 Å². The van der Waals surface area contributed by atoms with Gasteiger partial charge in [0.05, 0.1) is 23.9 Å². The van der Waals surface area contributed by atoms with Crippen LogP contribution in [0, 0.1) is 5.82 Å². The number of carbonyl (C=O) groups excluding carboxylic acids is 1. The summed E-state index contributed by atoms with van der Waals surface area (Å²) in [7, 11) is 0. The molecule has 0 fully saturated rings. The molecule has 1 aliphatic rings. The number of hydrogen-bond acceptors (Lipinski definition) is 4. The molecule has 1 aliphatic heterocycles. The van der Waals surface area contributed by atoms with Crippen LogP contribution in [0.4, 0.5) is 4.39 Å². The molecule has 0 unspecified atom stereocenters. The van der Waals surface area contributed by atoms with Crippen LogP contribution in [-0.4, -0.2) is 28.2 Å². The molecule has 1 aromatic heterocycles. The Labute approximate surface area is 172 Å². The van der Waals surface area contributed by atoms with E-state index in [9.17, 15) is 9.18 Å². The molecule has 0 spiro atoms. The molecule has 5 nitrogen and oxygen atoms in total. The van der Waals surface area contributed by atoms with Gasteiger partial charge in [0.25, 0.3) is 0 Å². The number of carbonyl (C=O) groups is 1. The number of aromatic nitrogens is 1.